The number of hydrogen-bond donors (Lipinski definition) is 0. The van der Waals surface area contributed by atoms with Gasteiger partial charge in [-0.3, -0.25) is 0 Å². The van der Waals surface area contributed by atoms with E-state index >= 15 is 0 Å². The first kappa shape index (κ1) is 17.0. The van der Waals surface area contributed by atoms with Crippen LogP contribution in [0.3, 0.4) is 0 Å². The second-order valence-corrected chi connectivity index (χ2v) is 7.98. The third kappa shape index (κ3) is 2.76. The smallest absolute Gasteiger partial charge is 0.337 e. The van der Waals surface area contributed by atoms with Gasteiger partial charge in [-0.05, 0) is 41.1 Å². The highest BCUT2D eigenvalue weighted by Crippen LogP contribution is 2.39. The average molecular weight is 382 g/mol. The molecular weight excluding hydrogens is 364 g/mol. The van der Waals surface area contributed by atoms with E-state index < -0.39 is 0 Å². The van der Waals surface area contributed by atoms with Crippen molar-refractivity contribution in [2.45, 2.75) is 6.42 Å². The van der Waals surface area contributed by atoms with Crippen LogP contribution in [0, 0.1) is 0 Å². The quantitative estimate of drug-likeness (QED) is 0.329. The Morgan fingerprint density at radius 3 is 2.39 bits per heavy atom. The van der Waals surface area contributed by atoms with Gasteiger partial charge in [0.2, 0.25) is 0 Å². The lowest BCUT2D eigenvalue weighted by Gasteiger charge is -2.11. The van der Waals surface area contributed by atoms with Crippen LogP contribution in [-0.4, -0.2) is 13.1 Å². The Labute approximate surface area is 167 Å². The number of benzene rings is 4. The van der Waals surface area contributed by atoms with E-state index in [1.807, 2.05) is 30.3 Å². The maximum atomic E-state index is 12.4. The van der Waals surface area contributed by atoms with E-state index in [0.29, 0.717) is 5.56 Å². The average Bonchev–Trinajstić information content (AvgIpc) is 3.13. The lowest BCUT2D eigenvalue weighted by atomic mass is 9.94. The highest BCUT2D eigenvalue weighted by Gasteiger charge is 2.15. The van der Waals surface area contributed by atoms with E-state index in [1.165, 1.54) is 38.2 Å². The highest BCUT2D eigenvalue weighted by atomic mass is 32.1. The summed E-state index contributed by atoms with van der Waals surface area (Å²) in [5.74, 6) is -0.297. The number of carbonyl (C=O) groups excluding carboxylic acids is 1. The van der Waals surface area contributed by atoms with Crippen LogP contribution in [0.15, 0.2) is 78.9 Å². The normalized spacial score (nSPS) is 11.3. The minimum Gasteiger partial charge on any atom is -0.465 e. The van der Waals surface area contributed by atoms with Crippen molar-refractivity contribution in [2.75, 3.05) is 7.11 Å². The van der Waals surface area contributed by atoms with Crippen LogP contribution in [0.1, 0.15) is 21.5 Å². The minimum absolute atomic E-state index is 0.297. The Balaban J connectivity index is 1.82. The van der Waals surface area contributed by atoms with Crippen LogP contribution in [0.5, 0.6) is 0 Å². The van der Waals surface area contributed by atoms with Crippen molar-refractivity contribution in [3.05, 3.63) is 95.6 Å². The summed E-state index contributed by atoms with van der Waals surface area (Å²) in [6.07, 6.45) is 0.776. The second kappa shape index (κ2) is 6.77. The summed E-state index contributed by atoms with van der Waals surface area (Å²) in [7, 11) is 1.43. The van der Waals surface area contributed by atoms with E-state index in [-0.39, 0.29) is 5.97 Å². The highest BCUT2D eigenvalue weighted by molar-refractivity contribution is 7.26. The maximum absolute atomic E-state index is 12.4. The van der Waals surface area contributed by atoms with Gasteiger partial charge in [-0.1, -0.05) is 60.7 Å². The van der Waals surface area contributed by atoms with Gasteiger partial charge in [0.1, 0.15) is 0 Å². The van der Waals surface area contributed by atoms with E-state index in [2.05, 4.69) is 48.5 Å². The van der Waals surface area contributed by atoms with Crippen molar-refractivity contribution in [3.63, 3.8) is 0 Å². The fourth-order valence-electron chi connectivity index (χ4n) is 3.89. The molecule has 1 heterocycles. The second-order valence-electron chi connectivity index (χ2n) is 6.92. The summed E-state index contributed by atoms with van der Waals surface area (Å²) in [4.78, 5) is 12.4. The van der Waals surface area contributed by atoms with Gasteiger partial charge in [-0.2, -0.15) is 0 Å². The van der Waals surface area contributed by atoms with Gasteiger partial charge in [-0.25, -0.2) is 4.79 Å². The van der Waals surface area contributed by atoms with Crippen molar-refractivity contribution in [3.8, 4) is 0 Å². The molecule has 0 aliphatic heterocycles. The molecule has 0 unspecified atom stereocenters. The third-order valence-electron chi connectivity index (χ3n) is 5.22. The van der Waals surface area contributed by atoms with Gasteiger partial charge < -0.3 is 4.74 Å². The molecular formula is C25H18O2S. The molecule has 0 saturated heterocycles. The number of fused-ring (bicyclic) bond motifs is 5. The summed E-state index contributed by atoms with van der Waals surface area (Å²) in [5.41, 5.74) is 2.97. The molecule has 0 saturated carbocycles. The van der Waals surface area contributed by atoms with Gasteiger partial charge in [0.15, 0.2) is 0 Å². The molecule has 1 aromatic heterocycles. The predicted octanol–water partition coefficient (Wildman–Crippen LogP) is 6.59. The SMILES string of the molecule is COC(=O)c1cc(Cc2ccccc2)c2ccc3c4ccccc4sc3c2c1. The first-order valence-corrected chi connectivity index (χ1v) is 10.1. The van der Waals surface area contributed by atoms with Crippen molar-refractivity contribution in [1.82, 2.24) is 0 Å². The number of hydrogen-bond acceptors (Lipinski definition) is 3. The maximum Gasteiger partial charge on any atom is 0.337 e. The summed E-state index contributed by atoms with van der Waals surface area (Å²) in [6, 6.07) is 27.2. The molecule has 0 radical (unpaired) electrons. The van der Waals surface area contributed by atoms with E-state index in [0.717, 1.165) is 17.4 Å². The Morgan fingerprint density at radius 1 is 0.821 bits per heavy atom. The zero-order chi connectivity index (χ0) is 19.1. The van der Waals surface area contributed by atoms with Crippen LogP contribution in [0.4, 0.5) is 0 Å². The van der Waals surface area contributed by atoms with Crippen LogP contribution in [-0.2, 0) is 11.2 Å². The van der Waals surface area contributed by atoms with Crippen LogP contribution < -0.4 is 0 Å². The zero-order valence-corrected chi connectivity index (χ0v) is 16.3. The van der Waals surface area contributed by atoms with Crippen molar-refractivity contribution < 1.29 is 9.53 Å². The molecule has 0 aliphatic rings. The topological polar surface area (TPSA) is 26.3 Å². The number of esters is 1. The van der Waals surface area contributed by atoms with Gasteiger partial charge in [0, 0.05) is 25.6 Å². The molecule has 0 bridgehead atoms. The molecule has 136 valence electrons. The molecule has 0 fully saturated rings. The Hall–Kier alpha value is -3.17. The molecule has 0 amide bonds. The Kier molecular flexibility index (Phi) is 4.10. The summed E-state index contributed by atoms with van der Waals surface area (Å²) < 4.78 is 7.51. The van der Waals surface area contributed by atoms with E-state index in [1.54, 1.807) is 11.3 Å². The van der Waals surface area contributed by atoms with E-state index in [9.17, 15) is 4.79 Å². The molecule has 0 N–H and O–H groups in total. The van der Waals surface area contributed by atoms with Gasteiger partial charge in [0.25, 0.3) is 0 Å². The summed E-state index contributed by atoms with van der Waals surface area (Å²) in [6.45, 7) is 0. The first-order valence-electron chi connectivity index (χ1n) is 9.24. The molecule has 0 atom stereocenters. The molecule has 28 heavy (non-hydrogen) atoms. The van der Waals surface area contributed by atoms with E-state index in [4.69, 9.17) is 4.74 Å². The predicted molar refractivity (Wildman–Crippen MR) is 117 cm³/mol. The number of carbonyl (C=O) groups is 1. The minimum atomic E-state index is -0.297. The monoisotopic (exact) mass is 382 g/mol. The molecule has 2 nitrogen and oxygen atoms in total. The lowest BCUT2D eigenvalue weighted by molar-refractivity contribution is 0.0601. The Bertz CT molecular complexity index is 1330. The standard InChI is InChI=1S/C25H18O2S/c1-27-25(26)18-14-17(13-16-7-3-2-4-8-16)19-11-12-21-20-9-5-6-10-23(20)28-24(21)22(19)15-18/h2-12,14-15H,13H2,1H3. The molecule has 3 heteroatoms. The first-order chi connectivity index (χ1) is 13.7. The number of thiophene rings is 1. The van der Waals surface area contributed by atoms with Gasteiger partial charge in [0.05, 0.1) is 12.7 Å². The molecule has 4 aromatic carbocycles. The number of ether oxygens (including phenoxy) is 1. The molecule has 0 spiro atoms. The molecule has 0 aliphatic carbocycles. The van der Waals surface area contributed by atoms with Crippen molar-refractivity contribution in [1.29, 1.82) is 0 Å². The van der Waals surface area contributed by atoms with Crippen molar-refractivity contribution in [2.24, 2.45) is 0 Å². The van der Waals surface area contributed by atoms with Crippen LogP contribution >= 0.6 is 11.3 Å². The van der Waals surface area contributed by atoms with Gasteiger partial charge in [-0.15, -0.1) is 11.3 Å². The fourth-order valence-corrected chi connectivity index (χ4v) is 5.11. The van der Waals surface area contributed by atoms with Crippen LogP contribution in [0.25, 0.3) is 30.9 Å². The Morgan fingerprint density at radius 2 is 1.57 bits per heavy atom. The molecule has 5 rings (SSSR count). The van der Waals surface area contributed by atoms with Crippen LogP contribution in [0.2, 0.25) is 0 Å². The van der Waals surface area contributed by atoms with Gasteiger partial charge >= 0.3 is 5.97 Å². The van der Waals surface area contributed by atoms with Crippen molar-refractivity contribution >= 4 is 48.3 Å². The largest absolute Gasteiger partial charge is 0.465 e. The summed E-state index contributed by atoms with van der Waals surface area (Å²) >= 11 is 1.78. The number of rotatable bonds is 3. The lowest BCUT2D eigenvalue weighted by Crippen LogP contribution is -2.03. The third-order valence-corrected chi connectivity index (χ3v) is 6.44. The molecule has 5 aromatic rings. The zero-order valence-electron chi connectivity index (χ0n) is 15.4. The number of methoxy groups -OCH3 is 1. The summed E-state index contributed by atoms with van der Waals surface area (Å²) in [5, 5.41) is 4.81. The fraction of sp³-hybridized carbons (Fsp3) is 0.0800.